The van der Waals surface area contributed by atoms with E-state index >= 15 is 0 Å². The van der Waals surface area contributed by atoms with Crippen LogP contribution in [-0.2, 0) is 11.3 Å². The molecule has 31 heavy (non-hydrogen) atoms. The molecule has 1 atom stereocenters. The molecule has 5 rings (SSSR count). The van der Waals surface area contributed by atoms with Gasteiger partial charge in [0, 0.05) is 18.5 Å². The van der Waals surface area contributed by atoms with Crippen molar-refractivity contribution in [3.63, 3.8) is 0 Å². The minimum absolute atomic E-state index is 0.181. The fourth-order valence-electron chi connectivity index (χ4n) is 3.44. The van der Waals surface area contributed by atoms with Crippen LogP contribution in [-0.4, -0.2) is 48.6 Å². The Morgan fingerprint density at radius 1 is 1.06 bits per heavy atom. The van der Waals surface area contributed by atoms with Crippen molar-refractivity contribution in [3.8, 4) is 11.4 Å². The first-order valence-electron chi connectivity index (χ1n) is 9.67. The Hall–Kier alpha value is -4.05. The maximum absolute atomic E-state index is 12.9. The third kappa shape index (κ3) is 3.76. The van der Waals surface area contributed by atoms with Gasteiger partial charge in [-0.05, 0) is 30.3 Å². The van der Waals surface area contributed by atoms with Crippen molar-refractivity contribution in [1.29, 1.82) is 0 Å². The summed E-state index contributed by atoms with van der Waals surface area (Å²) in [7, 11) is 0. The zero-order valence-electron chi connectivity index (χ0n) is 16.3. The molecule has 0 radical (unpaired) electrons. The highest BCUT2D eigenvalue weighted by Crippen LogP contribution is 2.19. The van der Waals surface area contributed by atoms with Crippen molar-refractivity contribution in [1.82, 2.24) is 34.8 Å². The quantitative estimate of drug-likeness (QED) is 0.528. The third-order valence-corrected chi connectivity index (χ3v) is 4.93. The number of ether oxygens (including phenoxy) is 1. The molecule has 1 amide bonds. The highest BCUT2D eigenvalue weighted by atomic mass is 16.5. The van der Waals surface area contributed by atoms with E-state index in [0.29, 0.717) is 41.4 Å². The Morgan fingerprint density at radius 3 is 2.87 bits per heavy atom. The van der Waals surface area contributed by atoms with Crippen molar-refractivity contribution < 1.29 is 9.53 Å². The highest BCUT2D eigenvalue weighted by Gasteiger charge is 2.25. The average molecular weight is 415 g/mol. The summed E-state index contributed by atoms with van der Waals surface area (Å²) in [5, 5.41) is 2.90. The molecule has 1 aliphatic rings. The smallest absolute Gasteiger partial charge is 0.270 e. The molecule has 0 bridgehead atoms. The lowest BCUT2D eigenvalue weighted by Gasteiger charge is -2.18. The van der Waals surface area contributed by atoms with Crippen LogP contribution in [0.2, 0.25) is 0 Å². The first-order valence-corrected chi connectivity index (χ1v) is 9.67. The van der Waals surface area contributed by atoms with Gasteiger partial charge in [0.1, 0.15) is 23.9 Å². The van der Waals surface area contributed by atoms with Gasteiger partial charge < -0.3 is 10.1 Å². The summed E-state index contributed by atoms with van der Waals surface area (Å²) in [4.78, 5) is 47.0. The SMILES string of the molecule is O=C(NC1COCCn2c1nc(-c1ccncn1)cc2=O)c1ccc2ncccc2n1. The highest BCUT2D eigenvalue weighted by molar-refractivity contribution is 5.94. The van der Waals surface area contributed by atoms with E-state index in [4.69, 9.17) is 4.74 Å². The van der Waals surface area contributed by atoms with Crippen LogP contribution >= 0.6 is 0 Å². The van der Waals surface area contributed by atoms with E-state index in [-0.39, 0.29) is 17.9 Å². The Labute approximate surface area is 176 Å². The van der Waals surface area contributed by atoms with Crippen LogP contribution in [0.15, 0.2) is 59.9 Å². The fourth-order valence-corrected chi connectivity index (χ4v) is 3.44. The largest absolute Gasteiger partial charge is 0.377 e. The van der Waals surface area contributed by atoms with Gasteiger partial charge in [-0.25, -0.2) is 19.9 Å². The molecule has 0 fully saturated rings. The topological polar surface area (TPSA) is 125 Å². The molecule has 1 aliphatic heterocycles. The Morgan fingerprint density at radius 2 is 2.00 bits per heavy atom. The number of nitrogens with one attached hydrogen (secondary N) is 1. The number of amides is 1. The van der Waals surface area contributed by atoms with Gasteiger partial charge in [0.2, 0.25) is 0 Å². The van der Waals surface area contributed by atoms with Crippen LogP contribution in [0.1, 0.15) is 22.4 Å². The number of rotatable bonds is 3. The van der Waals surface area contributed by atoms with Gasteiger partial charge in [-0.15, -0.1) is 0 Å². The second-order valence-corrected chi connectivity index (χ2v) is 6.92. The maximum atomic E-state index is 12.9. The van der Waals surface area contributed by atoms with E-state index in [1.54, 1.807) is 42.7 Å². The zero-order valence-corrected chi connectivity index (χ0v) is 16.3. The van der Waals surface area contributed by atoms with Gasteiger partial charge in [-0.1, -0.05) is 0 Å². The molecule has 154 valence electrons. The molecule has 4 aromatic heterocycles. The maximum Gasteiger partial charge on any atom is 0.270 e. The predicted molar refractivity (Wildman–Crippen MR) is 110 cm³/mol. The number of hydrogen-bond donors (Lipinski definition) is 1. The molecule has 5 heterocycles. The standard InChI is InChI=1S/C21H17N7O3/c29-19-10-17(14-5-7-22-12-24-14)26-20-18(11-31-9-8-28(19)20)27-21(30)16-4-3-13-15(25-16)2-1-6-23-13/h1-7,10,12,18H,8-9,11H2,(H,27,30). The number of aromatic nitrogens is 6. The van der Waals surface area contributed by atoms with E-state index in [0.717, 1.165) is 0 Å². The van der Waals surface area contributed by atoms with Crippen molar-refractivity contribution in [2.75, 3.05) is 13.2 Å². The van der Waals surface area contributed by atoms with Gasteiger partial charge in [0.05, 0.1) is 42.2 Å². The number of hydrogen-bond acceptors (Lipinski definition) is 8. The fraction of sp³-hybridized carbons (Fsp3) is 0.190. The average Bonchev–Trinajstić information content (AvgIpc) is 3.02. The molecule has 1 N–H and O–H groups in total. The van der Waals surface area contributed by atoms with Crippen LogP contribution in [0, 0.1) is 0 Å². The molecular formula is C21H17N7O3. The molecule has 1 unspecified atom stereocenters. The van der Waals surface area contributed by atoms with Gasteiger partial charge >= 0.3 is 0 Å². The lowest BCUT2D eigenvalue weighted by molar-refractivity contribution is 0.0851. The van der Waals surface area contributed by atoms with Crippen molar-refractivity contribution in [3.05, 3.63) is 77.0 Å². The molecule has 0 saturated carbocycles. The van der Waals surface area contributed by atoms with Crippen LogP contribution in [0.3, 0.4) is 0 Å². The van der Waals surface area contributed by atoms with E-state index in [9.17, 15) is 9.59 Å². The lowest BCUT2D eigenvalue weighted by Crippen LogP contribution is -2.36. The molecule has 0 saturated heterocycles. The van der Waals surface area contributed by atoms with E-state index in [1.807, 2.05) is 0 Å². The van der Waals surface area contributed by atoms with Gasteiger partial charge in [0.25, 0.3) is 11.5 Å². The summed E-state index contributed by atoms with van der Waals surface area (Å²) in [5.41, 5.74) is 2.26. The van der Waals surface area contributed by atoms with Crippen molar-refractivity contribution in [2.24, 2.45) is 0 Å². The normalized spacial score (nSPS) is 15.8. The van der Waals surface area contributed by atoms with Gasteiger partial charge in [0.15, 0.2) is 0 Å². The second-order valence-electron chi connectivity index (χ2n) is 6.92. The molecular weight excluding hydrogens is 398 g/mol. The first kappa shape index (κ1) is 18.9. The van der Waals surface area contributed by atoms with E-state index in [2.05, 4.69) is 30.2 Å². The Kier molecular flexibility index (Phi) is 4.89. The molecule has 0 spiro atoms. The van der Waals surface area contributed by atoms with Crippen molar-refractivity contribution in [2.45, 2.75) is 12.6 Å². The first-order chi connectivity index (χ1) is 15.2. The minimum Gasteiger partial charge on any atom is -0.377 e. The number of pyridine rings is 2. The van der Waals surface area contributed by atoms with Crippen LogP contribution in [0.25, 0.3) is 22.4 Å². The number of nitrogens with zero attached hydrogens (tertiary/aromatic N) is 6. The summed E-state index contributed by atoms with van der Waals surface area (Å²) >= 11 is 0. The zero-order chi connectivity index (χ0) is 21.2. The second kappa shape index (κ2) is 8.00. The predicted octanol–water partition coefficient (Wildman–Crippen LogP) is 1.14. The molecule has 4 aromatic rings. The van der Waals surface area contributed by atoms with Crippen LogP contribution < -0.4 is 10.9 Å². The summed E-state index contributed by atoms with van der Waals surface area (Å²) < 4.78 is 7.14. The van der Waals surface area contributed by atoms with Crippen molar-refractivity contribution >= 4 is 16.9 Å². The number of fused-ring (bicyclic) bond motifs is 2. The third-order valence-electron chi connectivity index (χ3n) is 4.93. The number of carbonyl (C=O) groups excluding carboxylic acids is 1. The van der Waals surface area contributed by atoms with E-state index in [1.165, 1.54) is 17.0 Å². The van der Waals surface area contributed by atoms with Crippen LogP contribution in [0.4, 0.5) is 0 Å². The summed E-state index contributed by atoms with van der Waals surface area (Å²) in [6.07, 6.45) is 4.64. The van der Waals surface area contributed by atoms with Gasteiger partial charge in [-0.2, -0.15) is 0 Å². The monoisotopic (exact) mass is 415 g/mol. The molecule has 0 aliphatic carbocycles. The summed E-state index contributed by atoms with van der Waals surface area (Å²) in [6, 6.07) is 9.37. The molecule has 10 heteroatoms. The van der Waals surface area contributed by atoms with Gasteiger partial charge in [-0.3, -0.25) is 19.1 Å². The molecule has 10 nitrogen and oxygen atoms in total. The summed E-state index contributed by atoms with van der Waals surface area (Å²) in [6.45, 7) is 0.867. The minimum atomic E-state index is -0.629. The van der Waals surface area contributed by atoms with E-state index < -0.39 is 11.9 Å². The Balaban J connectivity index is 1.50. The molecule has 0 aromatic carbocycles. The Bertz CT molecular complexity index is 1320. The van der Waals surface area contributed by atoms with Crippen LogP contribution in [0.5, 0.6) is 0 Å². The number of carbonyl (C=O) groups is 1. The lowest BCUT2D eigenvalue weighted by atomic mass is 10.2. The summed E-state index contributed by atoms with van der Waals surface area (Å²) in [5.74, 6) is 0.0175.